The zero-order valence-electron chi connectivity index (χ0n) is 11.6. The third kappa shape index (κ3) is 3.76. The van der Waals surface area contributed by atoms with Crippen molar-refractivity contribution in [1.82, 2.24) is 5.32 Å². The van der Waals surface area contributed by atoms with E-state index >= 15 is 0 Å². The molecule has 1 saturated carbocycles. The smallest absolute Gasteiger partial charge is 0.0187 e. The molecule has 1 N–H and O–H groups in total. The molecule has 0 spiro atoms. The molecular weight excluding hydrogens is 238 g/mol. The SMILES string of the molecule is CNC1CCCC1CCSCc1ccccc1C. The molecule has 0 heterocycles. The Kier molecular flexibility index (Phi) is 5.58. The third-order valence-corrected chi connectivity index (χ3v) is 5.22. The van der Waals surface area contributed by atoms with Crippen LogP contribution in [0.5, 0.6) is 0 Å². The van der Waals surface area contributed by atoms with Crippen LogP contribution in [-0.4, -0.2) is 18.8 Å². The fourth-order valence-electron chi connectivity index (χ4n) is 2.95. The van der Waals surface area contributed by atoms with Crippen molar-refractivity contribution < 1.29 is 0 Å². The molecule has 1 aliphatic carbocycles. The van der Waals surface area contributed by atoms with Gasteiger partial charge in [-0.15, -0.1) is 0 Å². The Morgan fingerprint density at radius 2 is 2.11 bits per heavy atom. The Hall–Kier alpha value is -0.470. The maximum Gasteiger partial charge on any atom is 0.0187 e. The van der Waals surface area contributed by atoms with Crippen LogP contribution in [0, 0.1) is 12.8 Å². The summed E-state index contributed by atoms with van der Waals surface area (Å²) in [5.41, 5.74) is 2.93. The molecule has 2 rings (SSSR count). The minimum absolute atomic E-state index is 0.782. The topological polar surface area (TPSA) is 12.0 Å². The molecule has 1 aliphatic rings. The van der Waals surface area contributed by atoms with Crippen molar-refractivity contribution in [2.75, 3.05) is 12.8 Å². The van der Waals surface area contributed by atoms with E-state index in [1.807, 2.05) is 0 Å². The van der Waals surface area contributed by atoms with E-state index in [1.165, 1.54) is 48.3 Å². The first-order chi connectivity index (χ1) is 8.81. The number of rotatable bonds is 6. The van der Waals surface area contributed by atoms with Crippen LogP contribution >= 0.6 is 11.8 Å². The lowest BCUT2D eigenvalue weighted by atomic mass is 10.0. The standard InChI is InChI=1S/C16H25NS/c1-13-6-3-4-7-15(13)12-18-11-10-14-8-5-9-16(14)17-2/h3-4,6-7,14,16-17H,5,8-12H2,1-2H3. The van der Waals surface area contributed by atoms with Gasteiger partial charge in [0.15, 0.2) is 0 Å². The van der Waals surface area contributed by atoms with Gasteiger partial charge in [0.05, 0.1) is 0 Å². The first-order valence-electron chi connectivity index (χ1n) is 7.11. The second-order valence-corrected chi connectivity index (χ2v) is 6.46. The van der Waals surface area contributed by atoms with E-state index in [-0.39, 0.29) is 0 Å². The van der Waals surface area contributed by atoms with E-state index in [9.17, 15) is 0 Å². The summed E-state index contributed by atoms with van der Waals surface area (Å²) in [4.78, 5) is 0. The fraction of sp³-hybridized carbons (Fsp3) is 0.625. The van der Waals surface area contributed by atoms with Gasteiger partial charge in [-0.1, -0.05) is 30.7 Å². The fourth-order valence-corrected chi connectivity index (χ4v) is 4.11. The van der Waals surface area contributed by atoms with Crippen molar-refractivity contribution in [3.63, 3.8) is 0 Å². The Bertz CT molecular complexity index is 364. The van der Waals surface area contributed by atoms with Crippen LogP contribution < -0.4 is 5.32 Å². The van der Waals surface area contributed by atoms with Gasteiger partial charge in [-0.05, 0) is 56.0 Å². The molecule has 1 aromatic carbocycles. The lowest BCUT2D eigenvalue weighted by Gasteiger charge is -2.18. The molecule has 0 radical (unpaired) electrons. The highest BCUT2D eigenvalue weighted by atomic mass is 32.2. The molecule has 1 nitrogen and oxygen atoms in total. The lowest BCUT2D eigenvalue weighted by molar-refractivity contribution is 0.417. The maximum atomic E-state index is 3.47. The maximum absolute atomic E-state index is 3.47. The largest absolute Gasteiger partial charge is 0.317 e. The van der Waals surface area contributed by atoms with Crippen molar-refractivity contribution in [1.29, 1.82) is 0 Å². The van der Waals surface area contributed by atoms with Gasteiger partial charge in [-0.2, -0.15) is 11.8 Å². The van der Waals surface area contributed by atoms with Gasteiger partial charge < -0.3 is 5.32 Å². The first kappa shape index (κ1) is 14.0. The number of hydrogen-bond acceptors (Lipinski definition) is 2. The summed E-state index contributed by atoms with van der Waals surface area (Å²) in [7, 11) is 2.11. The van der Waals surface area contributed by atoms with Gasteiger partial charge in [0, 0.05) is 11.8 Å². The summed E-state index contributed by atoms with van der Waals surface area (Å²) >= 11 is 2.09. The molecule has 0 bridgehead atoms. The highest BCUT2D eigenvalue weighted by Gasteiger charge is 2.24. The molecule has 2 unspecified atom stereocenters. The number of hydrogen-bond donors (Lipinski definition) is 1. The number of benzene rings is 1. The van der Waals surface area contributed by atoms with Crippen molar-refractivity contribution in [3.05, 3.63) is 35.4 Å². The van der Waals surface area contributed by atoms with Crippen molar-refractivity contribution >= 4 is 11.8 Å². The number of aryl methyl sites for hydroxylation is 1. The van der Waals surface area contributed by atoms with E-state index in [4.69, 9.17) is 0 Å². The Morgan fingerprint density at radius 1 is 1.28 bits per heavy atom. The van der Waals surface area contributed by atoms with Gasteiger partial charge in [0.2, 0.25) is 0 Å². The summed E-state index contributed by atoms with van der Waals surface area (Å²) in [5, 5.41) is 3.47. The second kappa shape index (κ2) is 7.20. The summed E-state index contributed by atoms with van der Waals surface area (Å²) in [6, 6.07) is 9.53. The predicted octanol–water partition coefficient (Wildman–Crippen LogP) is 4.01. The van der Waals surface area contributed by atoms with E-state index in [2.05, 4.69) is 55.3 Å². The van der Waals surface area contributed by atoms with Crippen LogP contribution in [-0.2, 0) is 5.75 Å². The molecule has 0 aliphatic heterocycles. The van der Waals surface area contributed by atoms with E-state index in [1.54, 1.807) is 0 Å². The molecule has 100 valence electrons. The summed E-state index contributed by atoms with van der Waals surface area (Å²) in [6.07, 6.45) is 5.60. The molecule has 2 atom stereocenters. The lowest BCUT2D eigenvalue weighted by Crippen LogP contribution is -2.29. The van der Waals surface area contributed by atoms with Crippen LogP contribution in [0.15, 0.2) is 24.3 Å². The monoisotopic (exact) mass is 263 g/mol. The molecule has 0 amide bonds. The molecule has 0 saturated heterocycles. The van der Waals surface area contributed by atoms with Gasteiger partial charge in [0.1, 0.15) is 0 Å². The average Bonchev–Trinajstić information content (AvgIpc) is 2.84. The number of thioether (sulfide) groups is 1. The van der Waals surface area contributed by atoms with Crippen molar-refractivity contribution in [3.8, 4) is 0 Å². The summed E-state index contributed by atoms with van der Waals surface area (Å²) in [6.45, 7) is 2.21. The highest BCUT2D eigenvalue weighted by Crippen LogP contribution is 2.29. The Balaban J connectivity index is 1.68. The van der Waals surface area contributed by atoms with Gasteiger partial charge >= 0.3 is 0 Å². The average molecular weight is 263 g/mol. The molecule has 2 heteroatoms. The zero-order valence-corrected chi connectivity index (χ0v) is 12.4. The third-order valence-electron chi connectivity index (χ3n) is 4.18. The Labute approximate surface area is 116 Å². The normalized spacial score (nSPS) is 23.4. The molecule has 1 fully saturated rings. The van der Waals surface area contributed by atoms with Crippen molar-refractivity contribution in [2.45, 2.75) is 44.4 Å². The Morgan fingerprint density at radius 3 is 2.89 bits per heavy atom. The zero-order chi connectivity index (χ0) is 12.8. The van der Waals surface area contributed by atoms with Crippen molar-refractivity contribution in [2.24, 2.45) is 5.92 Å². The highest BCUT2D eigenvalue weighted by molar-refractivity contribution is 7.98. The van der Waals surface area contributed by atoms with Crippen LogP contribution in [0.1, 0.15) is 36.8 Å². The number of nitrogens with one attached hydrogen (secondary N) is 1. The molecular formula is C16H25NS. The van der Waals surface area contributed by atoms with Gasteiger partial charge in [-0.25, -0.2) is 0 Å². The van der Waals surface area contributed by atoms with Gasteiger partial charge in [0.25, 0.3) is 0 Å². The first-order valence-corrected chi connectivity index (χ1v) is 8.26. The summed E-state index contributed by atoms with van der Waals surface area (Å²) < 4.78 is 0. The molecule has 18 heavy (non-hydrogen) atoms. The second-order valence-electron chi connectivity index (χ2n) is 5.35. The minimum atomic E-state index is 0.782. The predicted molar refractivity (Wildman–Crippen MR) is 82.1 cm³/mol. The van der Waals surface area contributed by atoms with E-state index in [0.29, 0.717) is 0 Å². The van der Waals surface area contributed by atoms with E-state index < -0.39 is 0 Å². The minimum Gasteiger partial charge on any atom is -0.317 e. The van der Waals surface area contributed by atoms with Crippen LogP contribution in [0.2, 0.25) is 0 Å². The van der Waals surface area contributed by atoms with Gasteiger partial charge in [-0.3, -0.25) is 0 Å². The van der Waals surface area contributed by atoms with Crippen LogP contribution in [0.4, 0.5) is 0 Å². The quantitative estimate of drug-likeness (QED) is 0.778. The van der Waals surface area contributed by atoms with Crippen LogP contribution in [0.25, 0.3) is 0 Å². The molecule has 1 aromatic rings. The van der Waals surface area contributed by atoms with Crippen LogP contribution in [0.3, 0.4) is 0 Å². The van der Waals surface area contributed by atoms with E-state index in [0.717, 1.165) is 12.0 Å². The molecule has 0 aromatic heterocycles. The summed E-state index contributed by atoms with van der Waals surface area (Å²) in [5.74, 6) is 3.39.